The quantitative estimate of drug-likeness (QED) is 0.794. The first kappa shape index (κ1) is 15.1. The third kappa shape index (κ3) is 4.67. The van der Waals surface area contributed by atoms with Crippen molar-refractivity contribution in [3.8, 4) is 11.5 Å². The van der Waals surface area contributed by atoms with Gasteiger partial charge in [-0.25, -0.2) is 0 Å². The van der Waals surface area contributed by atoms with Crippen LogP contribution >= 0.6 is 0 Å². The van der Waals surface area contributed by atoms with Crippen LogP contribution < -0.4 is 15.2 Å². The third-order valence-electron chi connectivity index (χ3n) is 3.65. The second kappa shape index (κ2) is 8.09. The number of rotatable bonds is 7. The first-order valence-electron chi connectivity index (χ1n) is 7.23. The summed E-state index contributed by atoms with van der Waals surface area (Å²) in [5, 5.41) is 0. The molecule has 1 aromatic rings. The van der Waals surface area contributed by atoms with Crippen LogP contribution in [0.15, 0.2) is 24.3 Å². The second-order valence-electron chi connectivity index (χ2n) is 5.00. The normalized spacial score (nSPS) is 17.1. The van der Waals surface area contributed by atoms with E-state index in [0.717, 1.165) is 63.9 Å². The lowest BCUT2D eigenvalue weighted by Gasteiger charge is -2.34. The molecule has 1 aromatic carbocycles. The van der Waals surface area contributed by atoms with E-state index < -0.39 is 0 Å². The van der Waals surface area contributed by atoms with Crippen molar-refractivity contribution in [3.63, 3.8) is 0 Å². The molecule has 5 heteroatoms. The molecule has 0 saturated carbocycles. The van der Waals surface area contributed by atoms with E-state index in [0.29, 0.717) is 0 Å². The molecular weight excluding hydrogens is 254 g/mol. The average molecular weight is 279 g/mol. The summed E-state index contributed by atoms with van der Waals surface area (Å²) >= 11 is 0. The Labute approximate surface area is 121 Å². The van der Waals surface area contributed by atoms with Crippen molar-refractivity contribution in [1.29, 1.82) is 0 Å². The van der Waals surface area contributed by atoms with Crippen LogP contribution in [0.4, 0.5) is 0 Å². The summed E-state index contributed by atoms with van der Waals surface area (Å²) in [4.78, 5) is 4.86. The molecule has 112 valence electrons. The molecule has 0 radical (unpaired) electrons. The Bertz CT molecular complexity index is 375. The van der Waals surface area contributed by atoms with E-state index >= 15 is 0 Å². The van der Waals surface area contributed by atoms with Crippen LogP contribution in [-0.2, 0) is 0 Å². The molecule has 2 rings (SSSR count). The van der Waals surface area contributed by atoms with E-state index in [1.165, 1.54) is 0 Å². The van der Waals surface area contributed by atoms with Crippen LogP contribution in [0, 0.1) is 0 Å². The van der Waals surface area contributed by atoms with E-state index in [1.54, 1.807) is 7.11 Å². The minimum atomic E-state index is 0.725. The zero-order valence-electron chi connectivity index (χ0n) is 12.3. The van der Waals surface area contributed by atoms with E-state index in [1.807, 2.05) is 24.3 Å². The van der Waals surface area contributed by atoms with Crippen LogP contribution in [0.5, 0.6) is 11.5 Å². The lowest BCUT2D eigenvalue weighted by atomic mass is 10.3. The molecule has 0 amide bonds. The van der Waals surface area contributed by atoms with Gasteiger partial charge in [0.1, 0.15) is 18.1 Å². The van der Waals surface area contributed by atoms with Gasteiger partial charge in [0, 0.05) is 45.8 Å². The molecule has 1 aliphatic heterocycles. The molecule has 1 fully saturated rings. The fourth-order valence-electron chi connectivity index (χ4n) is 2.38. The highest BCUT2D eigenvalue weighted by Crippen LogP contribution is 2.16. The van der Waals surface area contributed by atoms with Gasteiger partial charge in [-0.15, -0.1) is 0 Å². The van der Waals surface area contributed by atoms with Gasteiger partial charge in [-0.2, -0.15) is 0 Å². The molecule has 0 atom stereocenters. The smallest absolute Gasteiger partial charge is 0.119 e. The Balaban J connectivity index is 1.63. The summed E-state index contributed by atoms with van der Waals surface area (Å²) in [6.07, 6.45) is 0. The van der Waals surface area contributed by atoms with Gasteiger partial charge >= 0.3 is 0 Å². The Morgan fingerprint density at radius 3 is 2.05 bits per heavy atom. The minimum Gasteiger partial charge on any atom is -0.497 e. The molecule has 0 aliphatic carbocycles. The summed E-state index contributed by atoms with van der Waals surface area (Å²) in [5.74, 6) is 1.75. The molecule has 0 bridgehead atoms. The predicted molar refractivity (Wildman–Crippen MR) is 80.4 cm³/mol. The summed E-state index contributed by atoms with van der Waals surface area (Å²) in [6, 6.07) is 7.72. The SMILES string of the molecule is COc1ccc(OCCN2CCN(CCN)CC2)cc1. The van der Waals surface area contributed by atoms with Crippen LogP contribution in [-0.4, -0.2) is 69.3 Å². The number of nitrogens with two attached hydrogens (primary N) is 1. The molecule has 5 nitrogen and oxygen atoms in total. The van der Waals surface area contributed by atoms with Crippen LogP contribution in [0.2, 0.25) is 0 Å². The maximum absolute atomic E-state index is 5.75. The average Bonchev–Trinajstić information content (AvgIpc) is 2.50. The maximum Gasteiger partial charge on any atom is 0.119 e. The molecule has 1 saturated heterocycles. The van der Waals surface area contributed by atoms with Gasteiger partial charge in [-0.05, 0) is 24.3 Å². The van der Waals surface area contributed by atoms with Crippen molar-refractivity contribution in [1.82, 2.24) is 9.80 Å². The topological polar surface area (TPSA) is 51.0 Å². The molecule has 2 N–H and O–H groups in total. The molecular formula is C15H25N3O2. The van der Waals surface area contributed by atoms with Crippen molar-refractivity contribution in [2.24, 2.45) is 5.73 Å². The van der Waals surface area contributed by atoms with Gasteiger partial charge in [0.25, 0.3) is 0 Å². The summed E-state index contributed by atoms with van der Waals surface area (Å²) < 4.78 is 10.9. The molecule has 1 aliphatic rings. The summed E-state index contributed by atoms with van der Waals surface area (Å²) in [5.41, 5.74) is 5.58. The lowest BCUT2D eigenvalue weighted by molar-refractivity contribution is 0.119. The zero-order chi connectivity index (χ0) is 14.2. The van der Waals surface area contributed by atoms with E-state index in [9.17, 15) is 0 Å². The Hall–Kier alpha value is -1.30. The highest BCUT2D eigenvalue weighted by Gasteiger charge is 2.15. The number of hydrogen-bond donors (Lipinski definition) is 1. The fraction of sp³-hybridized carbons (Fsp3) is 0.600. The fourth-order valence-corrected chi connectivity index (χ4v) is 2.38. The predicted octanol–water partition coefficient (Wildman–Crippen LogP) is 0.650. The summed E-state index contributed by atoms with van der Waals surface area (Å²) in [6.45, 7) is 7.89. The molecule has 0 unspecified atom stereocenters. The molecule has 0 spiro atoms. The monoisotopic (exact) mass is 279 g/mol. The van der Waals surface area contributed by atoms with Crippen molar-refractivity contribution >= 4 is 0 Å². The van der Waals surface area contributed by atoms with Crippen LogP contribution in [0.25, 0.3) is 0 Å². The van der Waals surface area contributed by atoms with Crippen LogP contribution in [0.1, 0.15) is 0 Å². The van der Waals surface area contributed by atoms with Gasteiger partial charge in [-0.1, -0.05) is 0 Å². The molecule has 0 aromatic heterocycles. The second-order valence-corrected chi connectivity index (χ2v) is 5.00. The van der Waals surface area contributed by atoms with Crippen molar-refractivity contribution < 1.29 is 9.47 Å². The first-order valence-corrected chi connectivity index (χ1v) is 7.23. The number of benzene rings is 1. The Kier molecular flexibility index (Phi) is 6.11. The highest BCUT2D eigenvalue weighted by molar-refractivity contribution is 5.31. The van der Waals surface area contributed by atoms with Crippen molar-refractivity contribution in [2.45, 2.75) is 0 Å². The Morgan fingerprint density at radius 1 is 0.950 bits per heavy atom. The first-order chi connectivity index (χ1) is 9.81. The van der Waals surface area contributed by atoms with Crippen LogP contribution in [0.3, 0.4) is 0 Å². The van der Waals surface area contributed by atoms with Gasteiger partial charge < -0.3 is 15.2 Å². The number of methoxy groups -OCH3 is 1. The molecule has 20 heavy (non-hydrogen) atoms. The van der Waals surface area contributed by atoms with Gasteiger partial charge in [0.05, 0.1) is 7.11 Å². The Morgan fingerprint density at radius 2 is 1.50 bits per heavy atom. The summed E-state index contributed by atoms with van der Waals surface area (Å²) in [7, 11) is 1.67. The van der Waals surface area contributed by atoms with E-state index in [4.69, 9.17) is 15.2 Å². The van der Waals surface area contributed by atoms with Gasteiger partial charge in [-0.3, -0.25) is 9.80 Å². The number of hydrogen-bond acceptors (Lipinski definition) is 5. The molecule has 1 heterocycles. The van der Waals surface area contributed by atoms with Gasteiger partial charge in [0.15, 0.2) is 0 Å². The van der Waals surface area contributed by atoms with Crippen molar-refractivity contribution in [3.05, 3.63) is 24.3 Å². The van der Waals surface area contributed by atoms with E-state index in [2.05, 4.69) is 9.80 Å². The minimum absolute atomic E-state index is 0.725. The number of ether oxygens (including phenoxy) is 2. The van der Waals surface area contributed by atoms with Crippen molar-refractivity contribution in [2.75, 3.05) is 59.5 Å². The zero-order valence-corrected chi connectivity index (χ0v) is 12.3. The number of piperazine rings is 1. The lowest BCUT2D eigenvalue weighted by Crippen LogP contribution is -2.48. The van der Waals surface area contributed by atoms with Gasteiger partial charge in [0.2, 0.25) is 0 Å². The maximum atomic E-state index is 5.75. The standard InChI is InChI=1S/C15H25N3O2/c1-19-14-2-4-15(5-3-14)20-13-12-18-10-8-17(7-6-16)9-11-18/h2-5H,6-13,16H2,1H3. The highest BCUT2D eigenvalue weighted by atomic mass is 16.5. The van der Waals surface area contributed by atoms with E-state index in [-0.39, 0.29) is 0 Å². The number of nitrogens with zero attached hydrogens (tertiary/aromatic N) is 2. The third-order valence-corrected chi connectivity index (χ3v) is 3.65. The largest absolute Gasteiger partial charge is 0.497 e.